The fraction of sp³-hybridized carbons (Fsp3) is 0.0476. The maximum absolute atomic E-state index is 12.9. The molecular weight excluding hydrogens is 358 g/mol. The SMILES string of the molecule is N#C[C@@H](OC(=O)N(c1ccccc1)c1ccccc1)c1ccc([N+](=O)[O-])cc1. The lowest BCUT2D eigenvalue weighted by atomic mass is 10.1. The Kier molecular flexibility index (Phi) is 5.63. The second kappa shape index (κ2) is 8.47. The van der Waals surface area contributed by atoms with Gasteiger partial charge in [0.15, 0.2) is 0 Å². The van der Waals surface area contributed by atoms with Crippen molar-refractivity contribution in [2.75, 3.05) is 4.90 Å². The number of non-ortho nitro benzene ring substituents is 1. The molecule has 138 valence electrons. The largest absolute Gasteiger partial charge is 0.425 e. The Morgan fingerprint density at radius 3 is 1.86 bits per heavy atom. The lowest BCUT2D eigenvalue weighted by molar-refractivity contribution is -0.384. The van der Waals surface area contributed by atoms with E-state index in [1.165, 1.54) is 29.2 Å². The summed E-state index contributed by atoms with van der Waals surface area (Å²) in [5.41, 5.74) is 1.41. The van der Waals surface area contributed by atoms with Crippen LogP contribution in [0.4, 0.5) is 21.9 Å². The van der Waals surface area contributed by atoms with Crippen LogP contribution in [0.3, 0.4) is 0 Å². The van der Waals surface area contributed by atoms with Crippen molar-refractivity contribution in [3.8, 4) is 6.07 Å². The van der Waals surface area contributed by atoms with Gasteiger partial charge in [-0.3, -0.25) is 10.1 Å². The molecule has 0 unspecified atom stereocenters. The fourth-order valence-electron chi connectivity index (χ4n) is 2.61. The molecule has 7 nitrogen and oxygen atoms in total. The van der Waals surface area contributed by atoms with E-state index in [-0.39, 0.29) is 5.69 Å². The molecule has 1 atom stereocenters. The highest BCUT2D eigenvalue weighted by Gasteiger charge is 2.24. The fourth-order valence-corrected chi connectivity index (χ4v) is 2.61. The molecule has 0 saturated carbocycles. The van der Waals surface area contributed by atoms with Crippen LogP contribution in [-0.2, 0) is 4.74 Å². The minimum absolute atomic E-state index is 0.109. The molecule has 0 fully saturated rings. The lowest BCUT2D eigenvalue weighted by Gasteiger charge is -2.23. The van der Waals surface area contributed by atoms with E-state index in [1.807, 2.05) is 18.2 Å². The van der Waals surface area contributed by atoms with Gasteiger partial charge in [0.05, 0.1) is 16.3 Å². The zero-order valence-corrected chi connectivity index (χ0v) is 14.6. The van der Waals surface area contributed by atoms with E-state index in [1.54, 1.807) is 48.5 Å². The number of hydrogen-bond donors (Lipinski definition) is 0. The first kappa shape index (κ1) is 18.6. The smallest absolute Gasteiger partial charge is 0.420 e. The Labute approximate surface area is 161 Å². The summed E-state index contributed by atoms with van der Waals surface area (Å²) in [6.07, 6.45) is -1.94. The Morgan fingerprint density at radius 2 is 1.43 bits per heavy atom. The standard InChI is InChI=1S/C21H15N3O4/c22-15-20(16-11-13-19(14-12-16)24(26)27)28-21(25)23(17-7-3-1-4-8-17)18-9-5-2-6-10-18/h1-14,20H/t20-/m1/s1. The molecule has 7 heteroatoms. The summed E-state index contributed by atoms with van der Waals surface area (Å²) in [4.78, 5) is 24.5. The molecule has 0 aliphatic rings. The highest BCUT2D eigenvalue weighted by molar-refractivity contribution is 5.96. The van der Waals surface area contributed by atoms with E-state index in [4.69, 9.17) is 4.74 Å². The molecule has 0 N–H and O–H groups in total. The second-order valence-electron chi connectivity index (χ2n) is 5.75. The molecule has 0 aromatic heterocycles. The van der Waals surface area contributed by atoms with Crippen LogP contribution in [0.1, 0.15) is 11.7 Å². The van der Waals surface area contributed by atoms with Gasteiger partial charge >= 0.3 is 6.09 Å². The molecule has 1 amide bonds. The van der Waals surface area contributed by atoms with Gasteiger partial charge in [0, 0.05) is 17.7 Å². The molecule has 28 heavy (non-hydrogen) atoms. The number of nitriles is 1. The highest BCUT2D eigenvalue weighted by Crippen LogP contribution is 2.28. The number of rotatable bonds is 5. The molecule has 3 rings (SSSR count). The number of carbonyl (C=O) groups is 1. The van der Waals surface area contributed by atoms with Crippen molar-refractivity contribution in [1.82, 2.24) is 0 Å². The van der Waals surface area contributed by atoms with Gasteiger partial charge in [-0.05, 0) is 36.4 Å². The zero-order chi connectivity index (χ0) is 19.9. The van der Waals surface area contributed by atoms with Crippen LogP contribution < -0.4 is 4.90 Å². The topological polar surface area (TPSA) is 96.5 Å². The monoisotopic (exact) mass is 373 g/mol. The highest BCUT2D eigenvalue weighted by atomic mass is 16.6. The van der Waals surface area contributed by atoms with Crippen LogP contribution in [0.15, 0.2) is 84.9 Å². The summed E-state index contributed by atoms with van der Waals surface area (Å²) < 4.78 is 5.41. The molecule has 0 radical (unpaired) electrons. The molecule has 0 heterocycles. The Bertz CT molecular complexity index is 960. The third-order valence-electron chi connectivity index (χ3n) is 3.95. The van der Waals surface area contributed by atoms with Crippen LogP contribution in [0, 0.1) is 21.4 Å². The Hall–Kier alpha value is -4.18. The summed E-state index contributed by atoms with van der Waals surface area (Å²) in [5.74, 6) is 0. The number of amides is 1. The van der Waals surface area contributed by atoms with Gasteiger partial charge in [-0.2, -0.15) is 5.26 Å². The van der Waals surface area contributed by atoms with Crippen molar-refractivity contribution in [1.29, 1.82) is 5.26 Å². The van der Waals surface area contributed by atoms with Crippen LogP contribution in [0.2, 0.25) is 0 Å². The lowest BCUT2D eigenvalue weighted by Crippen LogP contribution is -2.28. The molecule has 3 aromatic carbocycles. The molecule has 0 aliphatic carbocycles. The first-order valence-corrected chi connectivity index (χ1v) is 8.35. The maximum Gasteiger partial charge on any atom is 0.420 e. The van der Waals surface area contributed by atoms with Gasteiger partial charge in [-0.15, -0.1) is 0 Å². The first-order chi connectivity index (χ1) is 13.6. The van der Waals surface area contributed by atoms with Crippen molar-refractivity contribution in [3.05, 3.63) is 101 Å². The van der Waals surface area contributed by atoms with Gasteiger partial charge in [-0.1, -0.05) is 36.4 Å². The van der Waals surface area contributed by atoms with Gasteiger partial charge in [0.1, 0.15) is 6.07 Å². The van der Waals surface area contributed by atoms with E-state index >= 15 is 0 Å². The third kappa shape index (κ3) is 4.14. The normalized spacial score (nSPS) is 11.1. The maximum atomic E-state index is 12.9. The Balaban J connectivity index is 1.88. The van der Waals surface area contributed by atoms with E-state index in [9.17, 15) is 20.2 Å². The summed E-state index contributed by atoms with van der Waals surface area (Å²) in [6.45, 7) is 0. The number of carbonyl (C=O) groups excluding carboxylic acids is 1. The average Bonchev–Trinajstić information content (AvgIpc) is 2.74. The summed E-state index contributed by atoms with van der Waals surface area (Å²) in [6, 6.07) is 25.1. The van der Waals surface area contributed by atoms with Gasteiger partial charge in [-0.25, -0.2) is 9.69 Å². The Morgan fingerprint density at radius 1 is 0.929 bits per heavy atom. The summed E-state index contributed by atoms with van der Waals surface area (Å²) >= 11 is 0. The minimum atomic E-state index is -1.21. The van der Waals surface area contributed by atoms with Crippen molar-refractivity contribution in [2.45, 2.75) is 6.10 Å². The predicted octanol–water partition coefficient (Wildman–Crippen LogP) is 5.13. The van der Waals surface area contributed by atoms with Crippen LogP contribution in [-0.4, -0.2) is 11.0 Å². The van der Waals surface area contributed by atoms with Gasteiger partial charge in [0.2, 0.25) is 6.10 Å². The van der Waals surface area contributed by atoms with Crippen molar-refractivity contribution < 1.29 is 14.5 Å². The number of ether oxygens (including phenoxy) is 1. The van der Waals surface area contributed by atoms with Crippen LogP contribution in [0.25, 0.3) is 0 Å². The van der Waals surface area contributed by atoms with Crippen molar-refractivity contribution in [3.63, 3.8) is 0 Å². The number of benzene rings is 3. The molecule has 3 aromatic rings. The first-order valence-electron chi connectivity index (χ1n) is 8.35. The molecule has 0 bridgehead atoms. The van der Waals surface area contributed by atoms with Gasteiger partial charge < -0.3 is 4.74 Å². The van der Waals surface area contributed by atoms with Crippen molar-refractivity contribution >= 4 is 23.2 Å². The molecule has 0 spiro atoms. The molecule has 0 saturated heterocycles. The van der Waals surface area contributed by atoms with Crippen LogP contribution >= 0.6 is 0 Å². The minimum Gasteiger partial charge on any atom is -0.425 e. The molecule has 0 aliphatic heterocycles. The van der Waals surface area contributed by atoms with Gasteiger partial charge in [0.25, 0.3) is 5.69 Å². The summed E-state index contributed by atoms with van der Waals surface area (Å²) in [5, 5.41) is 20.2. The van der Waals surface area contributed by atoms with E-state index in [0.29, 0.717) is 16.9 Å². The van der Waals surface area contributed by atoms with E-state index in [2.05, 4.69) is 0 Å². The van der Waals surface area contributed by atoms with Crippen LogP contribution in [0.5, 0.6) is 0 Å². The van der Waals surface area contributed by atoms with E-state index in [0.717, 1.165) is 0 Å². The summed E-state index contributed by atoms with van der Waals surface area (Å²) in [7, 11) is 0. The van der Waals surface area contributed by atoms with Crippen molar-refractivity contribution in [2.24, 2.45) is 0 Å². The quantitative estimate of drug-likeness (QED) is 0.456. The average molecular weight is 373 g/mol. The zero-order valence-electron chi connectivity index (χ0n) is 14.6. The number of nitro benzene ring substituents is 1. The predicted molar refractivity (Wildman–Crippen MR) is 103 cm³/mol. The number of nitrogens with zero attached hydrogens (tertiary/aromatic N) is 3. The number of para-hydroxylation sites is 2. The number of hydrogen-bond acceptors (Lipinski definition) is 5. The van der Waals surface area contributed by atoms with E-state index < -0.39 is 17.1 Å². The third-order valence-corrected chi connectivity index (χ3v) is 3.95. The second-order valence-corrected chi connectivity index (χ2v) is 5.75. The number of anilines is 2. The molecular formula is C21H15N3O4. The number of nitro groups is 1.